The zero-order chi connectivity index (χ0) is 21.1. The second-order valence-electron chi connectivity index (χ2n) is 7.15. The fraction of sp³-hybridized carbons (Fsp3) is 0.318. The molecule has 30 heavy (non-hydrogen) atoms. The lowest BCUT2D eigenvalue weighted by molar-refractivity contribution is -0.143. The van der Waals surface area contributed by atoms with Crippen LogP contribution in [0.4, 0.5) is 5.00 Å². The Morgan fingerprint density at radius 3 is 2.93 bits per heavy atom. The molecule has 1 amide bonds. The predicted octanol–water partition coefficient (Wildman–Crippen LogP) is 4.50. The molecule has 1 aliphatic heterocycles. The lowest BCUT2D eigenvalue weighted by atomic mass is 10.1. The first-order chi connectivity index (χ1) is 14.5. The van der Waals surface area contributed by atoms with E-state index >= 15 is 0 Å². The van der Waals surface area contributed by atoms with Crippen LogP contribution in [-0.4, -0.2) is 25.1 Å². The molecule has 2 aromatic rings. The molecular formula is C22H19ClN2O4S. The van der Waals surface area contributed by atoms with Crippen molar-refractivity contribution in [2.24, 2.45) is 0 Å². The van der Waals surface area contributed by atoms with Crippen LogP contribution >= 0.6 is 22.9 Å². The number of ether oxygens (including phenoxy) is 2. The number of nitriles is 1. The van der Waals surface area contributed by atoms with Crippen LogP contribution in [0.5, 0.6) is 5.75 Å². The summed E-state index contributed by atoms with van der Waals surface area (Å²) in [6, 6.07) is 7.36. The third-order valence-corrected chi connectivity index (χ3v) is 6.51. The summed E-state index contributed by atoms with van der Waals surface area (Å²) < 4.78 is 10.7. The average Bonchev–Trinajstić information content (AvgIpc) is 2.90. The van der Waals surface area contributed by atoms with Crippen LogP contribution in [0, 0.1) is 11.3 Å². The van der Waals surface area contributed by atoms with Crippen molar-refractivity contribution in [1.29, 1.82) is 5.26 Å². The summed E-state index contributed by atoms with van der Waals surface area (Å²) in [6.45, 7) is -0.378. The summed E-state index contributed by atoms with van der Waals surface area (Å²) >= 11 is 7.42. The Balaban J connectivity index is 1.39. The van der Waals surface area contributed by atoms with Crippen LogP contribution in [0.2, 0.25) is 5.02 Å². The Kier molecular flexibility index (Phi) is 6.07. The molecule has 6 nitrogen and oxygen atoms in total. The third kappa shape index (κ3) is 4.35. The number of fused-ring (bicyclic) bond motifs is 2. The molecule has 1 aromatic heterocycles. The SMILES string of the molecule is N#Cc1c(NC(=O)COC(=O)C2=Cc3cc(Cl)ccc3OC2)sc2c1CCCCC2. The van der Waals surface area contributed by atoms with Gasteiger partial charge in [-0.3, -0.25) is 4.79 Å². The lowest BCUT2D eigenvalue weighted by Crippen LogP contribution is -2.23. The van der Waals surface area contributed by atoms with Gasteiger partial charge in [0.25, 0.3) is 5.91 Å². The predicted molar refractivity (Wildman–Crippen MR) is 115 cm³/mol. The number of halogens is 1. The van der Waals surface area contributed by atoms with E-state index in [1.54, 1.807) is 24.3 Å². The van der Waals surface area contributed by atoms with Gasteiger partial charge in [-0.15, -0.1) is 11.3 Å². The van der Waals surface area contributed by atoms with E-state index in [0.29, 0.717) is 32.5 Å². The second kappa shape index (κ2) is 8.90. The van der Waals surface area contributed by atoms with Crippen LogP contribution < -0.4 is 10.1 Å². The Hall–Kier alpha value is -2.82. The molecule has 0 radical (unpaired) electrons. The molecule has 0 bridgehead atoms. The van der Waals surface area contributed by atoms with Gasteiger partial charge < -0.3 is 14.8 Å². The molecule has 0 spiro atoms. The minimum absolute atomic E-state index is 0.0608. The number of rotatable bonds is 4. The van der Waals surface area contributed by atoms with Crippen molar-refractivity contribution in [2.45, 2.75) is 32.1 Å². The number of hydrogen-bond donors (Lipinski definition) is 1. The van der Waals surface area contributed by atoms with Crippen LogP contribution in [0.1, 0.15) is 40.8 Å². The molecule has 0 saturated heterocycles. The maximum absolute atomic E-state index is 12.3. The normalized spacial score (nSPS) is 14.9. The Bertz CT molecular complexity index is 1080. The zero-order valence-electron chi connectivity index (χ0n) is 16.1. The third-order valence-electron chi connectivity index (χ3n) is 5.07. The highest BCUT2D eigenvalue weighted by atomic mass is 35.5. The van der Waals surface area contributed by atoms with Crippen LogP contribution in [0.15, 0.2) is 23.8 Å². The number of carbonyl (C=O) groups excluding carboxylic acids is 2. The van der Waals surface area contributed by atoms with Gasteiger partial charge in [-0.05, 0) is 55.5 Å². The number of aryl methyl sites for hydroxylation is 1. The highest BCUT2D eigenvalue weighted by Crippen LogP contribution is 2.37. The lowest BCUT2D eigenvalue weighted by Gasteiger charge is -2.17. The largest absolute Gasteiger partial charge is 0.488 e. The molecule has 2 heterocycles. The molecule has 1 aliphatic carbocycles. The van der Waals surface area contributed by atoms with Crippen molar-refractivity contribution in [3.63, 3.8) is 0 Å². The Morgan fingerprint density at radius 2 is 2.10 bits per heavy atom. The van der Waals surface area contributed by atoms with E-state index in [2.05, 4.69) is 11.4 Å². The van der Waals surface area contributed by atoms with E-state index in [0.717, 1.165) is 42.5 Å². The molecule has 0 atom stereocenters. The van der Waals surface area contributed by atoms with Gasteiger partial charge in [0.2, 0.25) is 0 Å². The fourth-order valence-electron chi connectivity index (χ4n) is 3.60. The molecule has 0 saturated carbocycles. The summed E-state index contributed by atoms with van der Waals surface area (Å²) in [4.78, 5) is 25.8. The van der Waals surface area contributed by atoms with Crippen molar-refractivity contribution in [3.8, 4) is 11.8 Å². The summed E-state index contributed by atoms with van der Waals surface area (Å²) in [7, 11) is 0. The first-order valence-electron chi connectivity index (χ1n) is 9.69. The van der Waals surface area contributed by atoms with Crippen LogP contribution in [0.3, 0.4) is 0 Å². The number of nitrogens with zero attached hydrogens (tertiary/aromatic N) is 1. The minimum Gasteiger partial charge on any atom is -0.488 e. The van der Waals surface area contributed by atoms with E-state index < -0.39 is 18.5 Å². The van der Waals surface area contributed by atoms with E-state index in [9.17, 15) is 14.9 Å². The first kappa shape index (κ1) is 20.5. The highest BCUT2D eigenvalue weighted by molar-refractivity contribution is 7.16. The fourth-order valence-corrected chi connectivity index (χ4v) is 5.04. The maximum atomic E-state index is 12.3. The van der Waals surface area contributed by atoms with Crippen molar-refractivity contribution in [3.05, 3.63) is 50.4 Å². The van der Waals surface area contributed by atoms with Crippen LogP contribution in [0.25, 0.3) is 6.08 Å². The monoisotopic (exact) mass is 442 g/mol. The van der Waals surface area contributed by atoms with E-state index in [1.165, 1.54) is 11.3 Å². The molecular weight excluding hydrogens is 424 g/mol. The number of hydrogen-bond acceptors (Lipinski definition) is 6. The number of amides is 1. The zero-order valence-corrected chi connectivity index (χ0v) is 17.7. The number of carbonyl (C=O) groups is 2. The van der Waals surface area contributed by atoms with Gasteiger partial charge in [-0.25, -0.2) is 4.79 Å². The van der Waals surface area contributed by atoms with E-state index in [1.807, 2.05) is 0 Å². The maximum Gasteiger partial charge on any atom is 0.338 e. The standard InChI is InChI=1S/C22H19ClN2O4S/c23-15-6-7-18-13(9-15)8-14(11-28-18)22(27)29-12-20(26)25-21-17(10-24)16-4-2-1-3-5-19(16)30-21/h6-9H,1-5,11-12H2,(H,25,26). The van der Waals surface area contributed by atoms with Gasteiger partial charge in [0.15, 0.2) is 6.61 Å². The van der Waals surface area contributed by atoms with Crippen LogP contribution in [-0.2, 0) is 27.2 Å². The van der Waals surface area contributed by atoms with Gasteiger partial charge in [-0.1, -0.05) is 18.0 Å². The number of benzene rings is 1. The molecule has 2 aliphatic rings. The summed E-state index contributed by atoms with van der Waals surface area (Å²) in [5.74, 6) is -0.467. The summed E-state index contributed by atoms with van der Waals surface area (Å²) in [5, 5.41) is 13.3. The van der Waals surface area contributed by atoms with Gasteiger partial charge in [0.1, 0.15) is 23.4 Å². The quantitative estimate of drug-likeness (QED) is 0.556. The van der Waals surface area contributed by atoms with Crippen molar-refractivity contribution < 1.29 is 19.1 Å². The van der Waals surface area contributed by atoms with Gasteiger partial charge in [0.05, 0.1) is 11.1 Å². The number of esters is 1. The molecule has 0 unspecified atom stereocenters. The van der Waals surface area contributed by atoms with Crippen molar-refractivity contribution >= 4 is 45.9 Å². The molecule has 1 N–H and O–H groups in total. The van der Waals surface area contributed by atoms with E-state index in [4.69, 9.17) is 21.1 Å². The van der Waals surface area contributed by atoms with Gasteiger partial charge in [0, 0.05) is 15.5 Å². The summed E-state index contributed by atoms with van der Waals surface area (Å²) in [5.41, 5.74) is 2.57. The molecule has 1 aromatic carbocycles. The molecule has 8 heteroatoms. The number of thiophene rings is 1. The number of nitrogens with one attached hydrogen (secondary N) is 1. The first-order valence-corrected chi connectivity index (χ1v) is 10.9. The molecule has 0 fully saturated rings. The van der Waals surface area contributed by atoms with Crippen molar-refractivity contribution in [1.82, 2.24) is 0 Å². The van der Waals surface area contributed by atoms with Gasteiger partial charge in [-0.2, -0.15) is 5.26 Å². The van der Waals surface area contributed by atoms with E-state index in [-0.39, 0.29) is 6.61 Å². The second-order valence-corrected chi connectivity index (χ2v) is 8.69. The topological polar surface area (TPSA) is 88.4 Å². The molecule has 4 rings (SSSR count). The average molecular weight is 443 g/mol. The molecule has 154 valence electrons. The van der Waals surface area contributed by atoms with Gasteiger partial charge >= 0.3 is 5.97 Å². The smallest absolute Gasteiger partial charge is 0.338 e. The minimum atomic E-state index is -0.627. The summed E-state index contributed by atoms with van der Waals surface area (Å²) in [6.07, 6.45) is 6.73. The Morgan fingerprint density at radius 1 is 1.27 bits per heavy atom. The highest BCUT2D eigenvalue weighted by Gasteiger charge is 2.23. The Labute approximate surface area is 183 Å². The number of anilines is 1. The van der Waals surface area contributed by atoms with Crippen molar-refractivity contribution in [2.75, 3.05) is 18.5 Å².